The highest BCUT2D eigenvalue weighted by Crippen LogP contribution is 2.21. The Labute approximate surface area is 144 Å². The lowest BCUT2D eigenvalue weighted by atomic mass is 10.0. The van der Waals surface area contributed by atoms with E-state index in [2.05, 4.69) is 30.8 Å². The van der Waals surface area contributed by atoms with Crippen molar-refractivity contribution >= 4 is 11.9 Å². The maximum Gasteiger partial charge on any atom is 0.250 e. The van der Waals surface area contributed by atoms with Crippen molar-refractivity contribution in [2.24, 2.45) is 0 Å². The van der Waals surface area contributed by atoms with Crippen molar-refractivity contribution in [1.29, 1.82) is 0 Å². The first-order chi connectivity index (χ1) is 12.3. The number of aromatic nitrogens is 6. The van der Waals surface area contributed by atoms with Crippen LogP contribution < -0.4 is 10.2 Å². The fourth-order valence-corrected chi connectivity index (χ4v) is 2.94. The molecule has 3 aromatic rings. The van der Waals surface area contributed by atoms with Gasteiger partial charge >= 0.3 is 0 Å². The summed E-state index contributed by atoms with van der Waals surface area (Å²) >= 11 is 0. The number of aliphatic hydroxyl groups is 1. The molecule has 0 aliphatic carbocycles. The standard InChI is InChI=1S/C16H18N8O/c25-14-11-23(10-7-13(14)19-15-17-8-4-9-18-15)16-20-21-22-24(16)12-5-2-1-3-6-12/h1-6,8-9,13-14,25H,7,10-11H2,(H,17,18,19)/t13-,14-/m1/s1. The van der Waals surface area contributed by atoms with Crippen LogP contribution in [0.2, 0.25) is 0 Å². The minimum absolute atomic E-state index is 0.111. The Hall–Kier alpha value is -3.07. The van der Waals surface area contributed by atoms with E-state index in [1.54, 1.807) is 23.1 Å². The number of rotatable bonds is 4. The van der Waals surface area contributed by atoms with E-state index in [0.717, 1.165) is 18.7 Å². The smallest absolute Gasteiger partial charge is 0.250 e. The summed E-state index contributed by atoms with van der Waals surface area (Å²) in [6.45, 7) is 1.15. The van der Waals surface area contributed by atoms with Crippen molar-refractivity contribution in [3.63, 3.8) is 0 Å². The van der Waals surface area contributed by atoms with E-state index in [1.807, 2.05) is 35.2 Å². The number of tetrazole rings is 1. The van der Waals surface area contributed by atoms with Gasteiger partial charge in [0.1, 0.15) is 0 Å². The zero-order valence-corrected chi connectivity index (χ0v) is 13.5. The molecular formula is C16H18N8O. The van der Waals surface area contributed by atoms with Crippen molar-refractivity contribution in [3.05, 3.63) is 48.8 Å². The number of nitrogens with zero attached hydrogens (tertiary/aromatic N) is 7. The first-order valence-corrected chi connectivity index (χ1v) is 8.11. The molecule has 3 heterocycles. The lowest BCUT2D eigenvalue weighted by molar-refractivity contribution is 0.139. The lowest BCUT2D eigenvalue weighted by Gasteiger charge is -2.36. The summed E-state index contributed by atoms with van der Waals surface area (Å²) in [6.07, 6.45) is 3.48. The molecule has 2 N–H and O–H groups in total. The Morgan fingerprint density at radius 3 is 2.64 bits per heavy atom. The molecule has 1 saturated heterocycles. The number of piperidine rings is 1. The second kappa shape index (κ2) is 6.81. The number of benzene rings is 1. The van der Waals surface area contributed by atoms with Crippen molar-refractivity contribution in [2.75, 3.05) is 23.3 Å². The van der Waals surface area contributed by atoms with Crippen LogP contribution >= 0.6 is 0 Å². The number of β-amino-alcohol motifs (C(OH)–C–C–N with tert-alkyl or cyclic N) is 1. The molecular weight excluding hydrogens is 320 g/mol. The van der Waals surface area contributed by atoms with Crippen LogP contribution in [0.4, 0.5) is 11.9 Å². The van der Waals surface area contributed by atoms with Crippen LogP contribution in [0.3, 0.4) is 0 Å². The van der Waals surface area contributed by atoms with Crippen molar-refractivity contribution < 1.29 is 5.11 Å². The monoisotopic (exact) mass is 338 g/mol. The highest BCUT2D eigenvalue weighted by molar-refractivity contribution is 5.41. The normalized spacial score (nSPS) is 20.4. The summed E-state index contributed by atoms with van der Waals surface area (Å²) in [4.78, 5) is 10.3. The molecule has 2 atom stereocenters. The van der Waals surface area contributed by atoms with Crippen LogP contribution in [0.1, 0.15) is 6.42 Å². The van der Waals surface area contributed by atoms with Gasteiger partial charge in [0, 0.05) is 25.5 Å². The molecule has 2 aromatic heterocycles. The Morgan fingerprint density at radius 2 is 1.88 bits per heavy atom. The van der Waals surface area contributed by atoms with Gasteiger partial charge in [-0.1, -0.05) is 23.3 Å². The Balaban J connectivity index is 1.48. The fraction of sp³-hybridized carbons (Fsp3) is 0.312. The Kier molecular flexibility index (Phi) is 4.21. The van der Waals surface area contributed by atoms with E-state index in [-0.39, 0.29) is 6.04 Å². The number of aliphatic hydroxyl groups excluding tert-OH is 1. The number of hydrogen-bond donors (Lipinski definition) is 2. The second-order valence-corrected chi connectivity index (χ2v) is 5.85. The average molecular weight is 338 g/mol. The summed E-state index contributed by atoms with van der Waals surface area (Å²) in [5.74, 6) is 1.15. The zero-order valence-electron chi connectivity index (χ0n) is 13.5. The molecule has 0 saturated carbocycles. The first kappa shape index (κ1) is 15.5. The Morgan fingerprint density at radius 1 is 1.08 bits per heavy atom. The van der Waals surface area contributed by atoms with E-state index >= 15 is 0 Å². The van der Waals surface area contributed by atoms with E-state index in [9.17, 15) is 5.11 Å². The number of hydrogen-bond acceptors (Lipinski definition) is 8. The summed E-state index contributed by atoms with van der Waals surface area (Å²) in [7, 11) is 0. The number of para-hydroxylation sites is 1. The predicted molar refractivity (Wildman–Crippen MR) is 91.4 cm³/mol. The summed E-state index contributed by atoms with van der Waals surface area (Å²) in [6, 6.07) is 11.3. The van der Waals surface area contributed by atoms with Crippen molar-refractivity contribution in [3.8, 4) is 5.69 Å². The summed E-state index contributed by atoms with van der Waals surface area (Å²) in [5.41, 5.74) is 0.884. The van der Waals surface area contributed by atoms with E-state index in [1.165, 1.54) is 0 Å². The van der Waals surface area contributed by atoms with Crippen LogP contribution in [-0.4, -0.2) is 60.5 Å². The average Bonchev–Trinajstić information content (AvgIpc) is 3.15. The van der Waals surface area contributed by atoms with Gasteiger partial charge in [-0.2, -0.15) is 4.68 Å². The maximum absolute atomic E-state index is 10.5. The van der Waals surface area contributed by atoms with Crippen LogP contribution in [0.25, 0.3) is 5.69 Å². The van der Waals surface area contributed by atoms with E-state index in [0.29, 0.717) is 18.4 Å². The molecule has 1 aliphatic heterocycles. The van der Waals surface area contributed by atoms with Gasteiger partial charge in [0.15, 0.2) is 0 Å². The molecule has 9 nitrogen and oxygen atoms in total. The van der Waals surface area contributed by atoms with Gasteiger partial charge in [-0.3, -0.25) is 0 Å². The number of anilines is 2. The molecule has 25 heavy (non-hydrogen) atoms. The van der Waals surface area contributed by atoms with Gasteiger partial charge in [0.2, 0.25) is 11.9 Å². The van der Waals surface area contributed by atoms with Crippen molar-refractivity contribution in [2.45, 2.75) is 18.6 Å². The molecule has 1 aliphatic rings. The summed E-state index contributed by atoms with van der Waals surface area (Å²) in [5, 5.41) is 25.7. The maximum atomic E-state index is 10.5. The minimum Gasteiger partial charge on any atom is -0.389 e. The second-order valence-electron chi connectivity index (χ2n) is 5.85. The highest BCUT2D eigenvalue weighted by atomic mass is 16.3. The molecule has 1 fully saturated rings. The van der Waals surface area contributed by atoms with Crippen LogP contribution in [0.15, 0.2) is 48.8 Å². The SMILES string of the molecule is O[C@@H]1CN(c2nnnn2-c2ccccc2)CC[C@H]1Nc1ncccn1. The van der Waals surface area contributed by atoms with Crippen LogP contribution in [0, 0.1) is 0 Å². The summed E-state index contributed by atoms with van der Waals surface area (Å²) < 4.78 is 1.68. The third-order valence-corrected chi connectivity index (χ3v) is 4.20. The highest BCUT2D eigenvalue weighted by Gasteiger charge is 2.30. The minimum atomic E-state index is -0.585. The van der Waals surface area contributed by atoms with Crippen LogP contribution in [-0.2, 0) is 0 Å². The predicted octanol–water partition coefficient (Wildman–Crippen LogP) is 0.504. The molecule has 0 bridgehead atoms. The first-order valence-electron chi connectivity index (χ1n) is 8.11. The van der Waals surface area contributed by atoms with Crippen LogP contribution in [0.5, 0.6) is 0 Å². The molecule has 4 rings (SSSR count). The molecule has 0 unspecified atom stereocenters. The van der Waals surface area contributed by atoms with Crippen molar-refractivity contribution in [1.82, 2.24) is 30.2 Å². The van der Waals surface area contributed by atoms with Gasteiger partial charge in [-0.25, -0.2) is 9.97 Å². The fourth-order valence-electron chi connectivity index (χ4n) is 2.94. The Bertz CT molecular complexity index is 809. The van der Waals surface area contributed by atoms with Gasteiger partial charge in [0.05, 0.1) is 17.8 Å². The molecule has 9 heteroatoms. The largest absolute Gasteiger partial charge is 0.389 e. The van der Waals surface area contributed by atoms with E-state index in [4.69, 9.17) is 0 Å². The van der Waals surface area contributed by atoms with Gasteiger partial charge < -0.3 is 15.3 Å². The molecule has 0 radical (unpaired) electrons. The van der Waals surface area contributed by atoms with Gasteiger partial charge in [-0.05, 0) is 35.0 Å². The third-order valence-electron chi connectivity index (χ3n) is 4.20. The van der Waals surface area contributed by atoms with Gasteiger partial charge in [0.25, 0.3) is 0 Å². The van der Waals surface area contributed by atoms with Gasteiger partial charge in [-0.15, -0.1) is 0 Å². The molecule has 1 aromatic carbocycles. The number of nitrogens with one attached hydrogen (secondary N) is 1. The zero-order chi connectivity index (χ0) is 17.1. The van der Waals surface area contributed by atoms with E-state index < -0.39 is 6.10 Å². The lowest BCUT2D eigenvalue weighted by Crippen LogP contribution is -2.50. The third kappa shape index (κ3) is 3.26. The molecule has 128 valence electrons. The topological polar surface area (TPSA) is 105 Å². The quantitative estimate of drug-likeness (QED) is 0.709. The molecule has 0 spiro atoms. The molecule has 0 amide bonds.